The second-order valence-corrected chi connectivity index (χ2v) is 8.95. The number of aliphatic imine (C=N–C) groups is 1. The van der Waals surface area contributed by atoms with Crippen molar-refractivity contribution in [2.75, 3.05) is 24.6 Å². The van der Waals surface area contributed by atoms with E-state index in [0.717, 1.165) is 0 Å². The van der Waals surface area contributed by atoms with Gasteiger partial charge in [0, 0.05) is 19.1 Å². The van der Waals surface area contributed by atoms with Crippen LogP contribution in [-0.4, -0.2) is 51.2 Å². The summed E-state index contributed by atoms with van der Waals surface area (Å²) in [6.45, 7) is 2.98. The highest BCUT2D eigenvalue weighted by Gasteiger charge is 2.41. The van der Waals surface area contributed by atoms with E-state index >= 15 is 0 Å². The molecule has 9 heteroatoms. The lowest BCUT2D eigenvalue weighted by molar-refractivity contribution is -0.182. The molecule has 1 unspecified atom stereocenters. The van der Waals surface area contributed by atoms with Crippen LogP contribution in [0, 0.1) is 11.8 Å². The van der Waals surface area contributed by atoms with Crippen LogP contribution in [0.4, 0.5) is 13.2 Å². The molecule has 1 saturated heterocycles. The molecule has 1 aliphatic carbocycles. The maximum atomic E-state index is 12.7. The second kappa shape index (κ2) is 7.93. The Bertz CT molecular complexity index is 541. The van der Waals surface area contributed by atoms with E-state index < -0.39 is 21.9 Å². The SMILES string of the molecule is CCNC(=NCC1CCS(=O)(=O)C1)NC1CCC(C(F)(F)F)CC1. The number of alkyl halides is 3. The van der Waals surface area contributed by atoms with Crippen LogP contribution >= 0.6 is 0 Å². The van der Waals surface area contributed by atoms with Crippen molar-refractivity contribution in [3.8, 4) is 0 Å². The van der Waals surface area contributed by atoms with Crippen LogP contribution in [0.2, 0.25) is 0 Å². The molecule has 0 aromatic carbocycles. The largest absolute Gasteiger partial charge is 0.391 e. The van der Waals surface area contributed by atoms with Gasteiger partial charge >= 0.3 is 6.18 Å². The first kappa shape index (κ1) is 19.3. The fourth-order valence-electron chi connectivity index (χ4n) is 3.31. The molecular formula is C15H26F3N3O2S. The first-order chi connectivity index (χ1) is 11.2. The Morgan fingerprint density at radius 2 is 1.83 bits per heavy atom. The fraction of sp³-hybridized carbons (Fsp3) is 0.933. The smallest absolute Gasteiger partial charge is 0.357 e. The average Bonchev–Trinajstić information content (AvgIpc) is 2.84. The lowest BCUT2D eigenvalue weighted by atomic mass is 9.85. The van der Waals surface area contributed by atoms with Gasteiger partial charge < -0.3 is 10.6 Å². The molecule has 5 nitrogen and oxygen atoms in total. The molecule has 0 spiro atoms. The zero-order chi connectivity index (χ0) is 17.8. The van der Waals surface area contributed by atoms with Crippen LogP contribution in [0.1, 0.15) is 39.0 Å². The summed E-state index contributed by atoms with van der Waals surface area (Å²) in [7, 11) is -2.92. The molecule has 1 aliphatic heterocycles. The monoisotopic (exact) mass is 369 g/mol. The Labute approximate surface area is 141 Å². The summed E-state index contributed by atoms with van der Waals surface area (Å²) in [4.78, 5) is 4.43. The van der Waals surface area contributed by atoms with Crippen LogP contribution in [0.25, 0.3) is 0 Å². The minimum atomic E-state index is -4.10. The highest BCUT2D eigenvalue weighted by Crippen LogP contribution is 2.37. The van der Waals surface area contributed by atoms with Gasteiger partial charge in [-0.15, -0.1) is 0 Å². The summed E-state index contributed by atoms with van der Waals surface area (Å²) < 4.78 is 61.0. The van der Waals surface area contributed by atoms with Gasteiger partial charge in [0.1, 0.15) is 0 Å². The molecule has 2 rings (SSSR count). The van der Waals surface area contributed by atoms with E-state index in [0.29, 0.717) is 38.3 Å². The molecule has 1 saturated carbocycles. The summed E-state index contributed by atoms with van der Waals surface area (Å²) in [6.07, 6.45) is -2.26. The molecule has 24 heavy (non-hydrogen) atoms. The summed E-state index contributed by atoms with van der Waals surface area (Å²) in [5.74, 6) is -0.201. The molecule has 1 heterocycles. The van der Waals surface area contributed by atoms with Gasteiger partial charge in [0.2, 0.25) is 0 Å². The zero-order valence-electron chi connectivity index (χ0n) is 13.9. The highest BCUT2D eigenvalue weighted by atomic mass is 32.2. The third kappa shape index (κ3) is 5.82. The van der Waals surface area contributed by atoms with Crippen LogP contribution < -0.4 is 10.6 Å². The van der Waals surface area contributed by atoms with Crippen LogP contribution in [0.5, 0.6) is 0 Å². The number of guanidine groups is 1. The molecule has 1 atom stereocenters. The maximum absolute atomic E-state index is 12.7. The Morgan fingerprint density at radius 3 is 2.33 bits per heavy atom. The van der Waals surface area contributed by atoms with Crippen LogP contribution in [-0.2, 0) is 9.84 Å². The van der Waals surface area contributed by atoms with E-state index in [-0.39, 0.29) is 36.3 Å². The van der Waals surface area contributed by atoms with Crippen molar-refractivity contribution in [1.29, 1.82) is 0 Å². The summed E-state index contributed by atoms with van der Waals surface area (Å²) >= 11 is 0. The molecule has 0 amide bonds. The molecule has 2 N–H and O–H groups in total. The van der Waals surface area contributed by atoms with Gasteiger partial charge in [-0.2, -0.15) is 13.2 Å². The van der Waals surface area contributed by atoms with Gasteiger partial charge in [0.15, 0.2) is 15.8 Å². The van der Waals surface area contributed by atoms with Gasteiger partial charge in [0.25, 0.3) is 0 Å². The van der Waals surface area contributed by atoms with E-state index in [9.17, 15) is 21.6 Å². The van der Waals surface area contributed by atoms with Crippen molar-refractivity contribution in [1.82, 2.24) is 10.6 Å². The topological polar surface area (TPSA) is 70.6 Å². The lowest BCUT2D eigenvalue weighted by Crippen LogP contribution is -2.46. The van der Waals surface area contributed by atoms with E-state index in [4.69, 9.17) is 0 Å². The number of hydrogen-bond donors (Lipinski definition) is 2. The number of nitrogens with zero attached hydrogens (tertiary/aromatic N) is 1. The molecule has 2 aliphatic rings. The van der Waals surface area contributed by atoms with Crippen molar-refractivity contribution in [3.05, 3.63) is 0 Å². The van der Waals surface area contributed by atoms with Gasteiger partial charge in [-0.1, -0.05) is 0 Å². The first-order valence-electron chi connectivity index (χ1n) is 8.51. The molecule has 0 aromatic rings. The fourth-order valence-corrected chi connectivity index (χ4v) is 5.16. The third-order valence-electron chi connectivity index (χ3n) is 4.71. The zero-order valence-corrected chi connectivity index (χ0v) is 14.7. The van der Waals surface area contributed by atoms with Gasteiger partial charge in [-0.25, -0.2) is 8.42 Å². The Hall–Kier alpha value is -0.990. The second-order valence-electron chi connectivity index (χ2n) is 6.72. The average molecular weight is 369 g/mol. The molecule has 0 radical (unpaired) electrons. The maximum Gasteiger partial charge on any atom is 0.391 e. The van der Waals surface area contributed by atoms with Crippen LogP contribution in [0.3, 0.4) is 0 Å². The predicted molar refractivity (Wildman–Crippen MR) is 87.7 cm³/mol. The Balaban J connectivity index is 1.84. The molecule has 2 fully saturated rings. The third-order valence-corrected chi connectivity index (χ3v) is 6.55. The first-order valence-corrected chi connectivity index (χ1v) is 10.3. The van der Waals surface area contributed by atoms with E-state index in [1.54, 1.807) is 0 Å². The van der Waals surface area contributed by atoms with Crippen molar-refractivity contribution < 1.29 is 21.6 Å². The highest BCUT2D eigenvalue weighted by molar-refractivity contribution is 7.91. The lowest BCUT2D eigenvalue weighted by Gasteiger charge is -2.31. The van der Waals surface area contributed by atoms with Crippen molar-refractivity contribution >= 4 is 15.8 Å². The number of rotatable bonds is 4. The molecule has 0 bridgehead atoms. The van der Waals surface area contributed by atoms with E-state index in [1.165, 1.54) is 0 Å². The van der Waals surface area contributed by atoms with Gasteiger partial charge in [-0.05, 0) is 44.9 Å². The Morgan fingerprint density at radius 1 is 1.17 bits per heavy atom. The summed E-state index contributed by atoms with van der Waals surface area (Å²) in [5, 5.41) is 6.28. The minimum Gasteiger partial charge on any atom is -0.357 e. The number of sulfone groups is 1. The molecular weight excluding hydrogens is 343 g/mol. The van der Waals surface area contributed by atoms with Gasteiger partial charge in [-0.3, -0.25) is 4.99 Å². The Kier molecular flexibility index (Phi) is 6.39. The molecule has 0 aromatic heterocycles. The van der Waals surface area contributed by atoms with Crippen molar-refractivity contribution in [2.45, 2.75) is 51.2 Å². The van der Waals surface area contributed by atoms with Crippen molar-refractivity contribution in [3.63, 3.8) is 0 Å². The molecule has 140 valence electrons. The quantitative estimate of drug-likeness (QED) is 0.588. The summed E-state index contributed by atoms with van der Waals surface area (Å²) in [5.41, 5.74) is 0. The van der Waals surface area contributed by atoms with E-state index in [1.807, 2.05) is 6.92 Å². The standard InChI is InChI=1S/C15H26F3N3O2S/c1-2-19-14(20-9-11-7-8-24(22,23)10-11)21-13-5-3-12(4-6-13)15(16,17)18/h11-13H,2-10H2,1H3,(H2,19,20,21). The minimum absolute atomic E-state index is 0.0197. The predicted octanol–water partition coefficient (Wildman–Crippen LogP) is 2.10. The number of hydrogen-bond acceptors (Lipinski definition) is 3. The normalized spacial score (nSPS) is 31.0. The van der Waals surface area contributed by atoms with Gasteiger partial charge in [0.05, 0.1) is 17.4 Å². The number of nitrogens with one attached hydrogen (secondary N) is 2. The van der Waals surface area contributed by atoms with E-state index in [2.05, 4.69) is 15.6 Å². The van der Waals surface area contributed by atoms with Crippen molar-refractivity contribution in [2.24, 2.45) is 16.8 Å². The summed E-state index contributed by atoms with van der Waals surface area (Å²) in [6, 6.07) is -0.0197. The number of halogens is 3. The van der Waals surface area contributed by atoms with Crippen LogP contribution in [0.15, 0.2) is 4.99 Å².